The largest absolute Gasteiger partial charge is 0.306 e. The Balaban J connectivity index is 2.21. The van der Waals surface area contributed by atoms with E-state index in [9.17, 15) is 0 Å². The Kier molecular flexibility index (Phi) is 1.25. The molecule has 0 unspecified atom stereocenters. The van der Waals surface area contributed by atoms with Crippen molar-refractivity contribution in [2.24, 2.45) is 5.84 Å². The fourth-order valence-electron chi connectivity index (χ4n) is 1.39. The van der Waals surface area contributed by atoms with Gasteiger partial charge in [-0.1, -0.05) is 6.08 Å². The zero-order valence-electron chi connectivity index (χ0n) is 5.80. The van der Waals surface area contributed by atoms with Crippen LogP contribution in [0.4, 0.5) is 0 Å². The molecule has 1 aliphatic carbocycles. The van der Waals surface area contributed by atoms with Crippen LogP contribution in [0.15, 0.2) is 23.4 Å². The van der Waals surface area contributed by atoms with Gasteiger partial charge in [0.2, 0.25) is 0 Å². The number of nitrogens with one attached hydrogen (secondary N) is 1. The van der Waals surface area contributed by atoms with Gasteiger partial charge in [-0.05, 0) is 24.5 Å². The highest BCUT2D eigenvalue weighted by Gasteiger charge is 2.17. The molecule has 0 radical (unpaired) electrons. The molecule has 54 valence electrons. The maximum atomic E-state index is 5.54. The van der Waals surface area contributed by atoms with Crippen LogP contribution in [0, 0.1) is 0 Å². The summed E-state index contributed by atoms with van der Waals surface area (Å²) in [5.41, 5.74) is 5.70. The standard InChI is InChI=1S/C7H11N3/c8-10-5-6-3-1-2-4-7(6)9-10/h2,4,9H,1,3,5,8H2. The molecule has 0 aromatic carbocycles. The first-order valence-corrected chi connectivity index (χ1v) is 3.54. The predicted octanol–water partition coefficient (Wildman–Crippen LogP) is 0.284. The second-order valence-electron chi connectivity index (χ2n) is 2.70. The van der Waals surface area contributed by atoms with Crippen LogP contribution >= 0.6 is 0 Å². The highest BCUT2D eigenvalue weighted by atomic mass is 15.7. The Bertz CT molecular complexity index is 205. The van der Waals surface area contributed by atoms with Crippen LogP contribution in [0.5, 0.6) is 0 Å². The lowest BCUT2D eigenvalue weighted by atomic mass is 10.0. The van der Waals surface area contributed by atoms with Gasteiger partial charge in [-0.25, -0.2) is 0 Å². The molecule has 2 rings (SSSR count). The van der Waals surface area contributed by atoms with Crippen LogP contribution < -0.4 is 11.3 Å². The van der Waals surface area contributed by atoms with Crippen molar-refractivity contribution in [1.29, 1.82) is 0 Å². The van der Waals surface area contributed by atoms with E-state index in [1.807, 2.05) is 0 Å². The zero-order valence-corrected chi connectivity index (χ0v) is 5.80. The lowest BCUT2D eigenvalue weighted by Crippen LogP contribution is -2.38. The SMILES string of the molecule is NN1CC2=C(C=CCC2)N1. The van der Waals surface area contributed by atoms with Crippen LogP contribution in [0.1, 0.15) is 12.8 Å². The van der Waals surface area contributed by atoms with Gasteiger partial charge in [0.15, 0.2) is 0 Å². The van der Waals surface area contributed by atoms with Gasteiger partial charge in [0.05, 0.1) is 12.2 Å². The average molecular weight is 137 g/mol. The summed E-state index contributed by atoms with van der Waals surface area (Å²) in [6.07, 6.45) is 6.59. The molecule has 0 saturated heterocycles. The van der Waals surface area contributed by atoms with Crippen molar-refractivity contribution in [3.05, 3.63) is 23.4 Å². The number of hydrazine groups is 2. The van der Waals surface area contributed by atoms with E-state index in [0.717, 1.165) is 19.4 Å². The summed E-state index contributed by atoms with van der Waals surface area (Å²) in [6, 6.07) is 0. The van der Waals surface area contributed by atoms with Gasteiger partial charge in [0.1, 0.15) is 0 Å². The highest BCUT2D eigenvalue weighted by Crippen LogP contribution is 2.20. The minimum absolute atomic E-state index is 0.875. The Morgan fingerprint density at radius 3 is 3.30 bits per heavy atom. The van der Waals surface area contributed by atoms with Crippen molar-refractivity contribution in [3.63, 3.8) is 0 Å². The summed E-state index contributed by atoms with van der Waals surface area (Å²) in [6.45, 7) is 0.875. The lowest BCUT2D eigenvalue weighted by Gasteiger charge is -2.07. The Labute approximate surface area is 60.1 Å². The third-order valence-corrected chi connectivity index (χ3v) is 1.90. The van der Waals surface area contributed by atoms with Crippen molar-refractivity contribution in [2.45, 2.75) is 12.8 Å². The van der Waals surface area contributed by atoms with Gasteiger partial charge >= 0.3 is 0 Å². The quantitative estimate of drug-likeness (QED) is 0.471. The number of rotatable bonds is 0. The van der Waals surface area contributed by atoms with Gasteiger partial charge < -0.3 is 5.43 Å². The Morgan fingerprint density at radius 2 is 2.50 bits per heavy atom. The fraction of sp³-hybridized carbons (Fsp3) is 0.429. The molecular weight excluding hydrogens is 126 g/mol. The number of nitrogens with two attached hydrogens (primary N) is 1. The molecule has 1 aliphatic heterocycles. The maximum Gasteiger partial charge on any atom is 0.0569 e. The molecule has 0 aromatic rings. The first kappa shape index (κ1) is 5.95. The molecule has 0 fully saturated rings. The summed E-state index contributed by atoms with van der Waals surface area (Å²) in [4.78, 5) is 0. The van der Waals surface area contributed by atoms with E-state index < -0.39 is 0 Å². The first-order chi connectivity index (χ1) is 4.86. The summed E-state index contributed by atoms with van der Waals surface area (Å²) in [7, 11) is 0. The Morgan fingerprint density at radius 1 is 1.60 bits per heavy atom. The maximum absolute atomic E-state index is 5.54. The Hall–Kier alpha value is -0.800. The minimum atomic E-state index is 0.875. The van der Waals surface area contributed by atoms with Crippen LogP contribution in [-0.2, 0) is 0 Å². The monoisotopic (exact) mass is 137 g/mol. The van der Waals surface area contributed by atoms with Gasteiger partial charge in [-0.15, -0.1) is 0 Å². The molecule has 3 nitrogen and oxygen atoms in total. The molecule has 10 heavy (non-hydrogen) atoms. The van der Waals surface area contributed by atoms with Crippen molar-refractivity contribution < 1.29 is 0 Å². The molecule has 0 saturated carbocycles. The van der Waals surface area contributed by atoms with E-state index >= 15 is 0 Å². The van der Waals surface area contributed by atoms with E-state index in [0.29, 0.717) is 0 Å². The summed E-state index contributed by atoms with van der Waals surface area (Å²) in [5.74, 6) is 5.54. The van der Waals surface area contributed by atoms with Gasteiger partial charge in [-0.2, -0.15) is 5.12 Å². The van der Waals surface area contributed by atoms with Gasteiger partial charge in [-0.3, -0.25) is 5.84 Å². The molecule has 3 N–H and O–H groups in total. The zero-order chi connectivity index (χ0) is 6.97. The van der Waals surface area contributed by atoms with E-state index in [4.69, 9.17) is 5.84 Å². The van der Waals surface area contributed by atoms with Crippen LogP contribution in [-0.4, -0.2) is 11.7 Å². The number of hydrogen-bond acceptors (Lipinski definition) is 3. The minimum Gasteiger partial charge on any atom is -0.306 e. The van der Waals surface area contributed by atoms with Gasteiger partial charge in [0.25, 0.3) is 0 Å². The second-order valence-corrected chi connectivity index (χ2v) is 2.70. The molecule has 0 spiro atoms. The van der Waals surface area contributed by atoms with Crippen LogP contribution in [0.2, 0.25) is 0 Å². The number of hydrogen-bond donors (Lipinski definition) is 2. The second kappa shape index (κ2) is 2.11. The molecule has 0 bridgehead atoms. The number of allylic oxidation sites excluding steroid dienone is 2. The molecule has 0 atom stereocenters. The molecule has 0 aromatic heterocycles. The topological polar surface area (TPSA) is 41.3 Å². The van der Waals surface area contributed by atoms with E-state index in [2.05, 4.69) is 17.6 Å². The van der Waals surface area contributed by atoms with Crippen molar-refractivity contribution in [1.82, 2.24) is 10.5 Å². The first-order valence-electron chi connectivity index (χ1n) is 3.54. The normalized spacial score (nSPS) is 24.9. The predicted molar refractivity (Wildman–Crippen MR) is 39.4 cm³/mol. The molecular formula is C7H11N3. The van der Waals surface area contributed by atoms with Crippen LogP contribution in [0.3, 0.4) is 0 Å². The summed E-state index contributed by atoms with van der Waals surface area (Å²) < 4.78 is 0. The third-order valence-electron chi connectivity index (χ3n) is 1.90. The lowest BCUT2D eigenvalue weighted by molar-refractivity contribution is 0.268. The summed E-state index contributed by atoms with van der Waals surface area (Å²) >= 11 is 0. The smallest absolute Gasteiger partial charge is 0.0569 e. The van der Waals surface area contributed by atoms with Crippen molar-refractivity contribution in [2.75, 3.05) is 6.54 Å². The van der Waals surface area contributed by atoms with Crippen molar-refractivity contribution >= 4 is 0 Å². The summed E-state index contributed by atoms with van der Waals surface area (Å²) in [5, 5.41) is 1.63. The average Bonchev–Trinajstić information content (AvgIpc) is 2.27. The molecule has 1 heterocycles. The van der Waals surface area contributed by atoms with E-state index in [1.54, 1.807) is 5.12 Å². The molecule has 0 amide bonds. The molecule has 3 heteroatoms. The third kappa shape index (κ3) is 0.836. The van der Waals surface area contributed by atoms with E-state index in [-0.39, 0.29) is 0 Å². The van der Waals surface area contributed by atoms with Crippen molar-refractivity contribution in [3.8, 4) is 0 Å². The number of nitrogens with zero attached hydrogens (tertiary/aromatic N) is 1. The fourth-order valence-corrected chi connectivity index (χ4v) is 1.39. The van der Waals surface area contributed by atoms with Gasteiger partial charge in [0, 0.05) is 0 Å². The van der Waals surface area contributed by atoms with Crippen LogP contribution in [0.25, 0.3) is 0 Å². The highest BCUT2D eigenvalue weighted by molar-refractivity contribution is 5.31. The van der Waals surface area contributed by atoms with E-state index in [1.165, 1.54) is 11.3 Å². The molecule has 2 aliphatic rings.